The lowest BCUT2D eigenvalue weighted by Gasteiger charge is -2.29. The monoisotopic (exact) mass is 649 g/mol. The Balaban J connectivity index is 1.20. The average Bonchev–Trinajstić information content (AvgIpc) is 3.22. The highest BCUT2D eigenvalue weighted by Crippen LogP contribution is 2.45. The minimum atomic E-state index is 1.10. The van der Waals surface area contributed by atoms with Crippen LogP contribution in [0.1, 0.15) is 0 Å². The molecule has 0 aromatic heterocycles. The lowest BCUT2D eigenvalue weighted by atomic mass is 9.93. The quantitative estimate of drug-likeness (QED) is 0.166. The number of nitrogens with zero attached hydrogens (tertiary/aromatic N) is 1. The van der Waals surface area contributed by atoms with Crippen molar-refractivity contribution in [2.45, 2.75) is 0 Å². The van der Waals surface area contributed by atoms with Crippen LogP contribution in [0.15, 0.2) is 212 Å². The first kappa shape index (κ1) is 30.4. The number of rotatable bonds is 7. The zero-order valence-electron chi connectivity index (χ0n) is 28.2. The molecule has 0 unspecified atom stereocenters. The maximum absolute atomic E-state index is 2.43. The molecule has 0 saturated carbocycles. The molecule has 0 saturated heterocycles. The van der Waals surface area contributed by atoms with Crippen molar-refractivity contribution in [1.82, 2.24) is 0 Å². The predicted octanol–water partition coefficient (Wildman–Crippen LogP) is 14.1. The molecular formula is C50H35N. The van der Waals surface area contributed by atoms with Crippen LogP contribution >= 0.6 is 0 Å². The first-order valence-corrected chi connectivity index (χ1v) is 17.5. The summed E-state index contributed by atoms with van der Waals surface area (Å²) in [6.07, 6.45) is 0. The van der Waals surface area contributed by atoms with E-state index in [2.05, 4.69) is 217 Å². The maximum atomic E-state index is 2.43. The summed E-state index contributed by atoms with van der Waals surface area (Å²) in [5, 5.41) is 4.93. The highest BCUT2D eigenvalue weighted by atomic mass is 15.1. The van der Waals surface area contributed by atoms with Crippen molar-refractivity contribution < 1.29 is 0 Å². The first-order valence-electron chi connectivity index (χ1n) is 17.5. The predicted molar refractivity (Wildman–Crippen MR) is 218 cm³/mol. The van der Waals surface area contributed by atoms with Gasteiger partial charge in [-0.25, -0.2) is 0 Å². The van der Waals surface area contributed by atoms with Crippen LogP contribution in [0.4, 0.5) is 17.1 Å². The number of hydrogen-bond donors (Lipinski definition) is 0. The Hall–Kier alpha value is -6.70. The fraction of sp³-hybridized carbons (Fsp3) is 0. The van der Waals surface area contributed by atoms with E-state index in [1.165, 1.54) is 66.1 Å². The number of para-hydroxylation sites is 1. The van der Waals surface area contributed by atoms with Crippen LogP contribution in [0.3, 0.4) is 0 Å². The Labute approximate surface area is 299 Å². The molecule has 0 spiro atoms. The Morgan fingerprint density at radius 2 is 0.706 bits per heavy atom. The van der Waals surface area contributed by atoms with Gasteiger partial charge in [0.05, 0.1) is 11.4 Å². The van der Waals surface area contributed by atoms with Crippen LogP contribution in [-0.2, 0) is 0 Å². The summed E-state index contributed by atoms with van der Waals surface area (Å²) in [7, 11) is 0. The highest BCUT2D eigenvalue weighted by Gasteiger charge is 2.20. The van der Waals surface area contributed by atoms with Crippen LogP contribution in [0, 0.1) is 0 Å². The minimum Gasteiger partial charge on any atom is -0.309 e. The van der Waals surface area contributed by atoms with Gasteiger partial charge >= 0.3 is 0 Å². The summed E-state index contributed by atoms with van der Waals surface area (Å²) in [4.78, 5) is 2.43. The van der Waals surface area contributed by atoms with Gasteiger partial charge in [-0.1, -0.05) is 182 Å². The van der Waals surface area contributed by atoms with E-state index in [1.54, 1.807) is 0 Å². The molecule has 240 valence electrons. The molecule has 0 amide bonds. The lowest BCUT2D eigenvalue weighted by Crippen LogP contribution is -2.11. The van der Waals surface area contributed by atoms with Gasteiger partial charge in [0, 0.05) is 16.6 Å². The number of anilines is 3. The normalized spacial score (nSPS) is 11.1. The molecule has 51 heavy (non-hydrogen) atoms. The summed E-state index contributed by atoms with van der Waals surface area (Å²) >= 11 is 0. The standard InChI is InChI=1S/C50H35N/c1-2-15-36(16-3-1)43-24-8-9-25-45(43)39-31-33-42(34-32-39)51(50-30-14-20-38-18-5-7-26-47(38)50)49-29-11-10-27-48(49)41-22-12-21-40(35-41)46-28-13-19-37-17-4-6-23-44(37)46/h1-35H. The highest BCUT2D eigenvalue weighted by molar-refractivity contribution is 6.02. The summed E-state index contributed by atoms with van der Waals surface area (Å²) in [5.74, 6) is 0. The van der Waals surface area contributed by atoms with Crippen LogP contribution < -0.4 is 4.90 Å². The first-order chi connectivity index (χ1) is 25.3. The van der Waals surface area contributed by atoms with Crippen LogP contribution in [0.5, 0.6) is 0 Å². The third-order valence-corrected chi connectivity index (χ3v) is 9.88. The lowest BCUT2D eigenvalue weighted by molar-refractivity contribution is 1.30. The second-order valence-electron chi connectivity index (χ2n) is 12.9. The maximum Gasteiger partial charge on any atom is 0.0540 e. The van der Waals surface area contributed by atoms with Crippen molar-refractivity contribution in [2.24, 2.45) is 0 Å². The van der Waals surface area contributed by atoms with E-state index in [-0.39, 0.29) is 0 Å². The van der Waals surface area contributed by atoms with Gasteiger partial charge in [-0.05, 0) is 85.4 Å². The van der Waals surface area contributed by atoms with E-state index in [0.717, 1.165) is 17.1 Å². The number of hydrogen-bond acceptors (Lipinski definition) is 1. The Kier molecular flexibility index (Phi) is 7.92. The topological polar surface area (TPSA) is 3.24 Å². The third kappa shape index (κ3) is 5.75. The molecule has 1 heteroatoms. The van der Waals surface area contributed by atoms with Gasteiger partial charge in [0.25, 0.3) is 0 Å². The fourth-order valence-electron chi connectivity index (χ4n) is 7.45. The molecule has 1 nitrogen and oxygen atoms in total. The van der Waals surface area contributed by atoms with Crippen LogP contribution in [0.25, 0.3) is 66.1 Å². The largest absolute Gasteiger partial charge is 0.309 e. The van der Waals surface area contributed by atoms with E-state index >= 15 is 0 Å². The summed E-state index contributed by atoms with van der Waals surface area (Å²) < 4.78 is 0. The zero-order valence-corrected chi connectivity index (χ0v) is 28.2. The molecule has 9 aromatic rings. The Morgan fingerprint density at radius 1 is 0.255 bits per heavy atom. The van der Waals surface area contributed by atoms with Gasteiger partial charge in [0.2, 0.25) is 0 Å². The molecular weight excluding hydrogens is 615 g/mol. The fourth-order valence-corrected chi connectivity index (χ4v) is 7.45. The molecule has 0 bridgehead atoms. The SMILES string of the molecule is c1ccc(-c2ccccc2-c2ccc(N(c3ccccc3-c3cccc(-c4cccc5ccccc45)c3)c3cccc4ccccc34)cc2)cc1. The van der Waals surface area contributed by atoms with Crippen molar-refractivity contribution in [2.75, 3.05) is 4.90 Å². The van der Waals surface area contributed by atoms with Crippen LogP contribution in [0.2, 0.25) is 0 Å². The minimum absolute atomic E-state index is 1.10. The van der Waals surface area contributed by atoms with Crippen molar-refractivity contribution in [3.8, 4) is 44.5 Å². The molecule has 0 aliphatic carbocycles. The average molecular weight is 650 g/mol. The number of benzene rings is 9. The molecule has 0 radical (unpaired) electrons. The Morgan fingerprint density at radius 3 is 1.45 bits per heavy atom. The van der Waals surface area contributed by atoms with Crippen molar-refractivity contribution in [3.63, 3.8) is 0 Å². The molecule has 9 aromatic carbocycles. The molecule has 0 atom stereocenters. The van der Waals surface area contributed by atoms with E-state index in [4.69, 9.17) is 0 Å². The van der Waals surface area contributed by atoms with Gasteiger partial charge < -0.3 is 4.90 Å². The molecule has 0 fully saturated rings. The van der Waals surface area contributed by atoms with Gasteiger partial charge in [-0.15, -0.1) is 0 Å². The van der Waals surface area contributed by atoms with E-state index in [9.17, 15) is 0 Å². The van der Waals surface area contributed by atoms with Crippen molar-refractivity contribution >= 4 is 38.6 Å². The second-order valence-corrected chi connectivity index (χ2v) is 12.9. The van der Waals surface area contributed by atoms with Gasteiger partial charge in [0.1, 0.15) is 0 Å². The Bertz CT molecular complexity index is 2630. The van der Waals surface area contributed by atoms with Gasteiger partial charge in [0.15, 0.2) is 0 Å². The zero-order chi connectivity index (χ0) is 34.0. The third-order valence-electron chi connectivity index (χ3n) is 9.88. The van der Waals surface area contributed by atoms with Gasteiger partial charge in [-0.3, -0.25) is 0 Å². The summed E-state index contributed by atoms with van der Waals surface area (Å²) in [5.41, 5.74) is 13.0. The van der Waals surface area contributed by atoms with Crippen molar-refractivity contribution in [1.29, 1.82) is 0 Å². The molecule has 0 heterocycles. The molecule has 0 aliphatic heterocycles. The van der Waals surface area contributed by atoms with E-state index < -0.39 is 0 Å². The van der Waals surface area contributed by atoms with Gasteiger partial charge in [-0.2, -0.15) is 0 Å². The molecule has 0 N–H and O–H groups in total. The number of fused-ring (bicyclic) bond motifs is 2. The molecule has 0 aliphatic rings. The van der Waals surface area contributed by atoms with Crippen molar-refractivity contribution in [3.05, 3.63) is 212 Å². The summed E-state index contributed by atoms with van der Waals surface area (Å²) in [6, 6.07) is 76.6. The second kappa shape index (κ2) is 13.3. The summed E-state index contributed by atoms with van der Waals surface area (Å²) in [6.45, 7) is 0. The van der Waals surface area contributed by atoms with Crippen LogP contribution in [-0.4, -0.2) is 0 Å². The smallest absolute Gasteiger partial charge is 0.0540 e. The van der Waals surface area contributed by atoms with E-state index in [1.807, 2.05) is 0 Å². The molecule has 9 rings (SSSR count). The van der Waals surface area contributed by atoms with E-state index in [0.29, 0.717) is 0 Å².